The van der Waals surface area contributed by atoms with Crippen LogP contribution in [0.2, 0.25) is 0 Å². The first-order chi connectivity index (χ1) is 9.22. The van der Waals surface area contributed by atoms with Gasteiger partial charge < -0.3 is 20.1 Å². The monoisotopic (exact) mass is 267 g/mol. The molecule has 2 rings (SSSR count). The Labute approximate surface area is 110 Å². The Balaban J connectivity index is 1.79. The number of hydrogen-bond acceptors (Lipinski definition) is 7. The fraction of sp³-hybridized carbons (Fsp3) is 0.636. The van der Waals surface area contributed by atoms with Gasteiger partial charge in [-0.25, -0.2) is 0 Å². The highest BCUT2D eigenvalue weighted by Gasteiger charge is 2.28. The molecule has 1 aromatic heterocycles. The third-order valence-corrected chi connectivity index (χ3v) is 2.62. The zero-order valence-corrected chi connectivity index (χ0v) is 11.0. The molecule has 19 heavy (non-hydrogen) atoms. The van der Waals surface area contributed by atoms with Crippen LogP contribution in [-0.4, -0.2) is 48.2 Å². The van der Waals surface area contributed by atoms with E-state index in [2.05, 4.69) is 25.6 Å². The molecule has 1 aromatic rings. The van der Waals surface area contributed by atoms with Crippen LogP contribution in [-0.2, 0) is 4.79 Å². The number of amides is 1. The standard InChI is InChI=1S/C11H17N5O3/c1-18-10-14-9(15-11(16-10)19-2)13-6-5-12-8(17)7-3-4-7/h7H,3-6H2,1-2H3,(H,12,17)(H,13,14,15,16). The van der Waals surface area contributed by atoms with E-state index in [0.29, 0.717) is 19.0 Å². The number of nitrogens with zero attached hydrogens (tertiary/aromatic N) is 3. The summed E-state index contributed by atoms with van der Waals surface area (Å²) >= 11 is 0. The summed E-state index contributed by atoms with van der Waals surface area (Å²) in [5, 5.41) is 5.81. The second-order valence-electron chi connectivity index (χ2n) is 4.12. The second-order valence-corrected chi connectivity index (χ2v) is 4.12. The highest BCUT2D eigenvalue weighted by atomic mass is 16.5. The number of nitrogens with one attached hydrogen (secondary N) is 2. The molecule has 1 fully saturated rings. The molecule has 0 radical (unpaired) electrons. The molecular weight excluding hydrogens is 250 g/mol. The first-order valence-electron chi connectivity index (χ1n) is 6.08. The summed E-state index contributed by atoms with van der Waals surface area (Å²) in [5.74, 6) is 0.689. The average molecular weight is 267 g/mol. The van der Waals surface area contributed by atoms with Gasteiger partial charge in [0.25, 0.3) is 0 Å². The third-order valence-electron chi connectivity index (χ3n) is 2.62. The van der Waals surface area contributed by atoms with Crippen molar-refractivity contribution in [1.82, 2.24) is 20.3 Å². The molecule has 1 saturated carbocycles. The molecule has 8 nitrogen and oxygen atoms in total. The molecule has 0 spiro atoms. The maximum atomic E-state index is 11.4. The van der Waals surface area contributed by atoms with Gasteiger partial charge in [-0.2, -0.15) is 9.97 Å². The van der Waals surface area contributed by atoms with Gasteiger partial charge in [-0.05, 0) is 12.8 Å². The molecule has 0 unspecified atom stereocenters. The average Bonchev–Trinajstić information content (AvgIpc) is 3.27. The molecule has 0 bridgehead atoms. The van der Waals surface area contributed by atoms with E-state index >= 15 is 0 Å². The predicted octanol–water partition coefficient (Wildman–Crippen LogP) is -0.173. The van der Waals surface area contributed by atoms with E-state index in [1.165, 1.54) is 14.2 Å². The summed E-state index contributed by atoms with van der Waals surface area (Å²) in [4.78, 5) is 23.3. The van der Waals surface area contributed by atoms with Crippen LogP contribution in [0.3, 0.4) is 0 Å². The summed E-state index contributed by atoms with van der Waals surface area (Å²) in [6, 6.07) is 0.354. The summed E-state index contributed by atoms with van der Waals surface area (Å²) in [7, 11) is 2.93. The zero-order valence-electron chi connectivity index (χ0n) is 11.0. The van der Waals surface area contributed by atoms with Crippen molar-refractivity contribution in [2.45, 2.75) is 12.8 Å². The summed E-state index contributed by atoms with van der Waals surface area (Å²) in [6.45, 7) is 1.04. The molecule has 8 heteroatoms. The minimum atomic E-state index is 0.118. The second kappa shape index (κ2) is 6.17. The van der Waals surface area contributed by atoms with Crippen LogP contribution in [0.15, 0.2) is 0 Å². The molecule has 0 aliphatic heterocycles. The van der Waals surface area contributed by atoms with Crippen LogP contribution in [0.25, 0.3) is 0 Å². The maximum Gasteiger partial charge on any atom is 0.324 e. The number of aromatic nitrogens is 3. The number of ether oxygens (including phenoxy) is 2. The Bertz CT molecular complexity index is 428. The van der Waals surface area contributed by atoms with E-state index in [0.717, 1.165) is 12.8 Å². The Morgan fingerprint density at radius 1 is 1.16 bits per heavy atom. The first-order valence-corrected chi connectivity index (χ1v) is 6.08. The molecule has 1 heterocycles. The van der Waals surface area contributed by atoms with Crippen LogP contribution in [0.1, 0.15) is 12.8 Å². The van der Waals surface area contributed by atoms with Crippen LogP contribution in [0.4, 0.5) is 5.95 Å². The predicted molar refractivity (Wildman–Crippen MR) is 67.2 cm³/mol. The van der Waals surface area contributed by atoms with Gasteiger partial charge in [0.1, 0.15) is 0 Å². The van der Waals surface area contributed by atoms with E-state index in [1.807, 2.05) is 0 Å². The van der Waals surface area contributed by atoms with Crippen molar-refractivity contribution >= 4 is 11.9 Å². The Kier molecular flexibility index (Phi) is 4.32. The Morgan fingerprint density at radius 2 is 1.79 bits per heavy atom. The quantitative estimate of drug-likeness (QED) is 0.661. The topological polar surface area (TPSA) is 98.3 Å². The summed E-state index contributed by atoms with van der Waals surface area (Å²) in [5.41, 5.74) is 0. The van der Waals surface area contributed by atoms with Crippen molar-refractivity contribution in [3.63, 3.8) is 0 Å². The molecule has 1 amide bonds. The third kappa shape index (κ3) is 3.94. The van der Waals surface area contributed by atoms with Crippen LogP contribution < -0.4 is 20.1 Å². The number of methoxy groups -OCH3 is 2. The normalized spacial score (nSPS) is 13.8. The van der Waals surface area contributed by atoms with Gasteiger partial charge in [0.05, 0.1) is 14.2 Å². The van der Waals surface area contributed by atoms with Crippen LogP contribution >= 0.6 is 0 Å². The van der Waals surface area contributed by atoms with Crippen molar-refractivity contribution in [2.24, 2.45) is 5.92 Å². The summed E-state index contributed by atoms with van der Waals surface area (Å²) < 4.78 is 9.86. The lowest BCUT2D eigenvalue weighted by Crippen LogP contribution is -2.30. The molecule has 0 saturated heterocycles. The van der Waals surface area contributed by atoms with Crippen LogP contribution in [0, 0.1) is 5.92 Å². The lowest BCUT2D eigenvalue weighted by Gasteiger charge is -2.08. The molecule has 1 aliphatic rings. The number of hydrogen-bond donors (Lipinski definition) is 2. The van der Waals surface area contributed by atoms with Gasteiger partial charge in [-0.1, -0.05) is 0 Å². The van der Waals surface area contributed by atoms with Crippen molar-refractivity contribution in [3.05, 3.63) is 0 Å². The minimum Gasteiger partial charge on any atom is -0.467 e. The van der Waals surface area contributed by atoms with Gasteiger partial charge in [-0.3, -0.25) is 4.79 Å². The Hall–Kier alpha value is -2.12. The first kappa shape index (κ1) is 13.3. The molecule has 2 N–H and O–H groups in total. The molecular formula is C11H17N5O3. The van der Waals surface area contributed by atoms with E-state index in [-0.39, 0.29) is 23.8 Å². The molecule has 104 valence electrons. The fourth-order valence-corrected chi connectivity index (χ4v) is 1.45. The van der Waals surface area contributed by atoms with Crippen molar-refractivity contribution in [3.8, 4) is 12.0 Å². The molecule has 1 aliphatic carbocycles. The van der Waals surface area contributed by atoms with Gasteiger partial charge in [0.15, 0.2) is 0 Å². The highest BCUT2D eigenvalue weighted by Crippen LogP contribution is 2.28. The smallest absolute Gasteiger partial charge is 0.324 e. The SMILES string of the molecule is COc1nc(NCCNC(=O)C2CC2)nc(OC)n1. The van der Waals surface area contributed by atoms with E-state index < -0.39 is 0 Å². The van der Waals surface area contributed by atoms with Crippen molar-refractivity contribution < 1.29 is 14.3 Å². The largest absolute Gasteiger partial charge is 0.467 e. The van der Waals surface area contributed by atoms with Crippen LogP contribution in [0.5, 0.6) is 12.0 Å². The lowest BCUT2D eigenvalue weighted by molar-refractivity contribution is -0.122. The van der Waals surface area contributed by atoms with Crippen molar-refractivity contribution in [2.75, 3.05) is 32.6 Å². The number of rotatable bonds is 7. The van der Waals surface area contributed by atoms with Gasteiger partial charge in [-0.15, -0.1) is 4.98 Å². The highest BCUT2D eigenvalue weighted by molar-refractivity contribution is 5.80. The van der Waals surface area contributed by atoms with E-state index in [4.69, 9.17) is 9.47 Å². The summed E-state index contributed by atoms with van der Waals surface area (Å²) in [6.07, 6.45) is 2.00. The van der Waals surface area contributed by atoms with Gasteiger partial charge >= 0.3 is 12.0 Å². The Morgan fingerprint density at radius 3 is 2.32 bits per heavy atom. The van der Waals surface area contributed by atoms with E-state index in [9.17, 15) is 4.79 Å². The van der Waals surface area contributed by atoms with Gasteiger partial charge in [0, 0.05) is 19.0 Å². The molecule has 0 aromatic carbocycles. The maximum absolute atomic E-state index is 11.4. The fourth-order valence-electron chi connectivity index (χ4n) is 1.45. The van der Waals surface area contributed by atoms with Gasteiger partial charge in [0.2, 0.25) is 11.9 Å². The van der Waals surface area contributed by atoms with Crippen molar-refractivity contribution in [1.29, 1.82) is 0 Å². The van der Waals surface area contributed by atoms with E-state index in [1.54, 1.807) is 0 Å². The lowest BCUT2D eigenvalue weighted by atomic mass is 10.4. The minimum absolute atomic E-state index is 0.118. The number of carbonyl (C=O) groups excluding carboxylic acids is 1. The molecule has 0 atom stereocenters. The number of carbonyl (C=O) groups is 1. The number of anilines is 1. The zero-order chi connectivity index (χ0) is 13.7.